The van der Waals surface area contributed by atoms with E-state index in [4.69, 9.17) is 0 Å². The van der Waals surface area contributed by atoms with Crippen molar-refractivity contribution in [2.75, 3.05) is 13.7 Å². The predicted molar refractivity (Wildman–Crippen MR) is 65.6 cm³/mol. The Labute approximate surface area is 105 Å². The van der Waals surface area contributed by atoms with Crippen LogP contribution < -0.4 is 5.32 Å². The molecule has 0 radical (unpaired) electrons. The number of aliphatic hydroxyl groups is 1. The third-order valence-electron chi connectivity index (χ3n) is 3.00. The molecule has 1 saturated carbocycles. The molecular weight excluding hydrogens is 274 g/mol. The molecule has 0 saturated heterocycles. The number of rotatable bonds is 4. The fourth-order valence-electron chi connectivity index (χ4n) is 1.99. The van der Waals surface area contributed by atoms with E-state index in [0.717, 1.165) is 25.7 Å². The van der Waals surface area contributed by atoms with E-state index >= 15 is 0 Å². The van der Waals surface area contributed by atoms with Crippen LogP contribution in [-0.2, 0) is 9.53 Å². The lowest BCUT2D eigenvalue weighted by atomic mass is 10.1. The van der Waals surface area contributed by atoms with Gasteiger partial charge in [-0.15, -0.1) is 0 Å². The second-order valence-corrected chi connectivity index (χ2v) is 5.32. The molecule has 1 aliphatic rings. The first kappa shape index (κ1) is 13.9. The SMILES string of the molecule is COC(=O)C(Br)CNC1CCCCCC1O. The van der Waals surface area contributed by atoms with Crippen molar-refractivity contribution in [3.63, 3.8) is 0 Å². The van der Waals surface area contributed by atoms with E-state index in [2.05, 4.69) is 26.0 Å². The van der Waals surface area contributed by atoms with Gasteiger partial charge in [0.15, 0.2) is 0 Å². The topological polar surface area (TPSA) is 58.6 Å². The first-order valence-corrected chi connectivity index (χ1v) is 6.70. The summed E-state index contributed by atoms with van der Waals surface area (Å²) in [5.74, 6) is -0.282. The lowest BCUT2D eigenvalue weighted by Crippen LogP contribution is -2.43. The maximum atomic E-state index is 11.2. The molecule has 0 bridgehead atoms. The molecule has 5 heteroatoms. The van der Waals surface area contributed by atoms with Gasteiger partial charge in [0.05, 0.1) is 13.2 Å². The lowest BCUT2D eigenvalue weighted by molar-refractivity contribution is -0.139. The number of nitrogens with one attached hydrogen (secondary N) is 1. The number of aliphatic hydroxyl groups excluding tert-OH is 1. The average Bonchev–Trinajstić information content (AvgIpc) is 2.50. The van der Waals surface area contributed by atoms with Crippen LogP contribution in [0.15, 0.2) is 0 Å². The smallest absolute Gasteiger partial charge is 0.320 e. The van der Waals surface area contributed by atoms with Crippen molar-refractivity contribution in [1.82, 2.24) is 5.32 Å². The van der Waals surface area contributed by atoms with Gasteiger partial charge in [-0.05, 0) is 12.8 Å². The Morgan fingerprint density at radius 3 is 2.88 bits per heavy atom. The van der Waals surface area contributed by atoms with Crippen LogP contribution in [0.5, 0.6) is 0 Å². The molecule has 4 nitrogen and oxygen atoms in total. The maximum Gasteiger partial charge on any atom is 0.320 e. The van der Waals surface area contributed by atoms with E-state index in [1.807, 2.05) is 0 Å². The fraction of sp³-hybridized carbons (Fsp3) is 0.909. The molecule has 94 valence electrons. The molecule has 3 atom stereocenters. The number of alkyl halides is 1. The van der Waals surface area contributed by atoms with Gasteiger partial charge in [-0.3, -0.25) is 4.79 Å². The summed E-state index contributed by atoms with van der Waals surface area (Å²) in [4.78, 5) is 10.8. The number of methoxy groups -OCH3 is 1. The summed E-state index contributed by atoms with van der Waals surface area (Å²) in [6.45, 7) is 0.494. The summed E-state index contributed by atoms with van der Waals surface area (Å²) in [5, 5.41) is 13.1. The molecule has 0 amide bonds. The molecule has 0 aromatic carbocycles. The zero-order valence-corrected chi connectivity index (χ0v) is 11.2. The summed E-state index contributed by atoms with van der Waals surface area (Å²) in [6.07, 6.45) is 4.95. The Hall–Kier alpha value is -0.130. The Morgan fingerprint density at radius 2 is 2.19 bits per heavy atom. The van der Waals surface area contributed by atoms with Crippen molar-refractivity contribution < 1.29 is 14.6 Å². The van der Waals surface area contributed by atoms with Gasteiger partial charge in [0.25, 0.3) is 0 Å². The van der Waals surface area contributed by atoms with Crippen LogP contribution in [0.2, 0.25) is 0 Å². The minimum Gasteiger partial charge on any atom is -0.468 e. The number of hydrogen-bond acceptors (Lipinski definition) is 4. The first-order valence-electron chi connectivity index (χ1n) is 5.78. The summed E-state index contributed by atoms with van der Waals surface area (Å²) in [5.41, 5.74) is 0. The second-order valence-electron chi connectivity index (χ2n) is 4.21. The zero-order valence-electron chi connectivity index (χ0n) is 9.62. The van der Waals surface area contributed by atoms with Gasteiger partial charge in [0.1, 0.15) is 4.83 Å². The number of halogens is 1. The van der Waals surface area contributed by atoms with Crippen molar-refractivity contribution in [2.24, 2.45) is 0 Å². The minimum atomic E-state index is -0.340. The van der Waals surface area contributed by atoms with Crippen molar-refractivity contribution in [3.8, 4) is 0 Å². The zero-order chi connectivity index (χ0) is 12.0. The summed E-state index contributed by atoms with van der Waals surface area (Å²) in [6, 6.07) is 0.104. The van der Waals surface area contributed by atoms with Crippen LogP contribution in [0.1, 0.15) is 32.1 Å². The van der Waals surface area contributed by atoms with Gasteiger partial charge in [-0.25, -0.2) is 0 Å². The Morgan fingerprint density at radius 1 is 1.50 bits per heavy atom. The van der Waals surface area contributed by atoms with Crippen molar-refractivity contribution in [2.45, 2.75) is 49.1 Å². The summed E-state index contributed by atoms with van der Waals surface area (Å²) in [7, 11) is 1.37. The highest BCUT2D eigenvalue weighted by Gasteiger charge is 2.23. The second kappa shape index (κ2) is 7.25. The van der Waals surface area contributed by atoms with Gasteiger partial charge in [-0.2, -0.15) is 0 Å². The highest BCUT2D eigenvalue weighted by Crippen LogP contribution is 2.18. The highest BCUT2D eigenvalue weighted by atomic mass is 79.9. The van der Waals surface area contributed by atoms with Gasteiger partial charge < -0.3 is 15.2 Å². The third kappa shape index (κ3) is 4.39. The van der Waals surface area contributed by atoms with Crippen molar-refractivity contribution >= 4 is 21.9 Å². The molecule has 0 aliphatic heterocycles. The number of carbonyl (C=O) groups is 1. The first-order chi connectivity index (χ1) is 7.65. The molecule has 1 aliphatic carbocycles. The molecule has 1 rings (SSSR count). The molecule has 1 fully saturated rings. The molecule has 2 N–H and O–H groups in total. The Bertz CT molecular complexity index is 225. The van der Waals surface area contributed by atoms with Crippen molar-refractivity contribution in [1.29, 1.82) is 0 Å². The van der Waals surface area contributed by atoms with E-state index in [-0.39, 0.29) is 22.9 Å². The highest BCUT2D eigenvalue weighted by molar-refractivity contribution is 9.10. The molecule has 16 heavy (non-hydrogen) atoms. The normalized spacial score (nSPS) is 28.2. The number of ether oxygens (including phenoxy) is 1. The minimum absolute atomic E-state index is 0.104. The van der Waals surface area contributed by atoms with Gasteiger partial charge >= 0.3 is 5.97 Å². The molecule has 0 heterocycles. The largest absolute Gasteiger partial charge is 0.468 e. The predicted octanol–water partition coefficient (Wildman–Crippen LogP) is 1.21. The molecule has 0 aromatic heterocycles. The van der Waals surface area contributed by atoms with E-state index in [9.17, 15) is 9.90 Å². The van der Waals surface area contributed by atoms with Gasteiger partial charge in [0.2, 0.25) is 0 Å². The Balaban J connectivity index is 2.32. The summed E-state index contributed by atoms with van der Waals surface area (Å²) >= 11 is 3.25. The van der Waals surface area contributed by atoms with E-state index in [0.29, 0.717) is 6.54 Å². The summed E-state index contributed by atoms with van der Waals surface area (Å²) < 4.78 is 4.62. The number of hydrogen-bond donors (Lipinski definition) is 2. The van der Waals surface area contributed by atoms with Gasteiger partial charge in [-0.1, -0.05) is 35.2 Å². The van der Waals surface area contributed by atoms with E-state index < -0.39 is 0 Å². The standard InChI is InChI=1S/C11H20BrNO3/c1-16-11(15)8(12)7-13-9-5-3-2-4-6-10(9)14/h8-10,13-14H,2-7H2,1H3. The van der Waals surface area contributed by atoms with Crippen molar-refractivity contribution in [3.05, 3.63) is 0 Å². The van der Waals surface area contributed by atoms with E-state index in [1.165, 1.54) is 13.5 Å². The monoisotopic (exact) mass is 293 g/mol. The molecular formula is C11H20BrNO3. The molecule has 0 aromatic rings. The van der Waals surface area contributed by atoms with E-state index in [1.54, 1.807) is 0 Å². The Kier molecular flexibility index (Phi) is 6.31. The van der Waals surface area contributed by atoms with Crippen LogP contribution in [0.3, 0.4) is 0 Å². The van der Waals surface area contributed by atoms with Crippen LogP contribution in [-0.4, -0.2) is 41.7 Å². The van der Waals surface area contributed by atoms with Crippen LogP contribution >= 0.6 is 15.9 Å². The lowest BCUT2D eigenvalue weighted by Gasteiger charge is -2.22. The fourth-order valence-corrected chi connectivity index (χ4v) is 2.37. The van der Waals surface area contributed by atoms with Gasteiger partial charge in [0, 0.05) is 12.6 Å². The maximum absolute atomic E-state index is 11.2. The molecule has 0 spiro atoms. The quantitative estimate of drug-likeness (QED) is 0.465. The number of esters is 1. The van der Waals surface area contributed by atoms with Crippen LogP contribution in [0.25, 0.3) is 0 Å². The molecule has 3 unspecified atom stereocenters. The third-order valence-corrected chi connectivity index (χ3v) is 3.69. The number of carbonyl (C=O) groups excluding carboxylic acids is 1. The van der Waals surface area contributed by atoms with Crippen LogP contribution in [0.4, 0.5) is 0 Å². The average molecular weight is 294 g/mol. The van der Waals surface area contributed by atoms with Crippen LogP contribution in [0, 0.1) is 0 Å².